The van der Waals surface area contributed by atoms with Gasteiger partial charge in [-0.25, -0.2) is 4.98 Å². The molecule has 20 heavy (non-hydrogen) atoms. The number of halogens is 1. The van der Waals surface area contributed by atoms with Gasteiger partial charge in [0.2, 0.25) is 0 Å². The van der Waals surface area contributed by atoms with Crippen LogP contribution in [0.25, 0.3) is 11.3 Å². The van der Waals surface area contributed by atoms with Crippen LogP contribution in [-0.4, -0.2) is 20.6 Å². The second kappa shape index (κ2) is 6.22. The smallest absolute Gasteiger partial charge is 0.303 e. The van der Waals surface area contributed by atoms with E-state index in [0.29, 0.717) is 6.42 Å². The molecule has 1 N–H and O–H groups in total. The molecule has 0 atom stereocenters. The molecule has 4 nitrogen and oxygen atoms in total. The van der Waals surface area contributed by atoms with Gasteiger partial charge in [0, 0.05) is 19.0 Å². The summed E-state index contributed by atoms with van der Waals surface area (Å²) < 4.78 is 2.77. The lowest BCUT2D eigenvalue weighted by Gasteiger charge is -2.01. The lowest BCUT2D eigenvalue weighted by Crippen LogP contribution is -2.03. The Balaban J connectivity index is 2.31. The third kappa shape index (κ3) is 3.10. The maximum absolute atomic E-state index is 10.7. The number of hydrogen-bond acceptors (Lipinski definition) is 2. The van der Waals surface area contributed by atoms with E-state index in [4.69, 9.17) is 5.11 Å². The SMILES string of the molecule is CCc1ccc(-c2nc(CCC(=O)O)n(C)c2Br)cc1. The van der Waals surface area contributed by atoms with Gasteiger partial charge in [0.05, 0.1) is 6.42 Å². The molecule has 1 aromatic carbocycles. The molecule has 1 aromatic heterocycles. The number of aliphatic carboxylic acids is 1. The molecule has 0 aliphatic heterocycles. The van der Waals surface area contributed by atoms with Crippen molar-refractivity contribution in [3.05, 3.63) is 40.3 Å². The summed E-state index contributed by atoms with van der Waals surface area (Å²) in [5.74, 6) is -0.0354. The number of nitrogens with zero attached hydrogens (tertiary/aromatic N) is 2. The summed E-state index contributed by atoms with van der Waals surface area (Å²) in [4.78, 5) is 15.2. The summed E-state index contributed by atoms with van der Waals surface area (Å²) in [6.45, 7) is 2.12. The summed E-state index contributed by atoms with van der Waals surface area (Å²) >= 11 is 3.53. The molecule has 0 fully saturated rings. The summed E-state index contributed by atoms with van der Waals surface area (Å²) in [6.07, 6.45) is 1.52. The fourth-order valence-corrected chi connectivity index (χ4v) is 2.57. The van der Waals surface area contributed by atoms with E-state index in [1.54, 1.807) is 0 Å². The second-order valence-electron chi connectivity index (χ2n) is 4.67. The van der Waals surface area contributed by atoms with Crippen molar-refractivity contribution < 1.29 is 9.90 Å². The number of hydrogen-bond donors (Lipinski definition) is 1. The van der Waals surface area contributed by atoms with Crippen molar-refractivity contribution in [2.45, 2.75) is 26.2 Å². The molecular formula is C15H17BrN2O2. The Kier molecular flexibility index (Phi) is 4.60. The molecule has 1 heterocycles. The van der Waals surface area contributed by atoms with E-state index in [2.05, 4.69) is 40.0 Å². The monoisotopic (exact) mass is 336 g/mol. The third-order valence-corrected chi connectivity index (χ3v) is 4.22. The van der Waals surface area contributed by atoms with Gasteiger partial charge in [0.25, 0.3) is 0 Å². The highest BCUT2D eigenvalue weighted by Gasteiger charge is 2.14. The minimum absolute atomic E-state index is 0.0888. The van der Waals surface area contributed by atoms with Gasteiger partial charge < -0.3 is 9.67 Å². The van der Waals surface area contributed by atoms with Crippen LogP contribution in [0.15, 0.2) is 28.9 Å². The first-order valence-electron chi connectivity index (χ1n) is 6.55. The van der Waals surface area contributed by atoms with E-state index in [-0.39, 0.29) is 6.42 Å². The van der Waals surface area contributed by atoms with Crippen LogP contribution in [0.1, 0.15) is 24.7 Å². The van der Waals surface area contributed by atoms with E-state index in [1.807, 2.05) is 23.7 Å². The van der Waals surface area contributed by atoms with E-state index < -0.39 is 5.97 Å². The normalized spacial score (nSPS) is 10.8. The second-order valence-corrected chi connectivity index (χ2v) is 5.42. The van der Waals surface area contributed by atoms with Crippen molar-refractivity contribution in [3.8, 4) is 11.3 Å². The van der Waals surface area contributed by atoms with Crippen molar-refractivity contribution in [1.29, 1.82) is 0 Å². The average Bonchev–Trinajstić information content (AvgIpc) is 2.73. The summed E-state index contributed by atoms with van der Waals surface area (Å²) in [5, 5.41) is 8.77. The number of carbonyl (C=O) groups is 1. The maximum atomic E-state index is 10.7. The van der Waals surface area contributed by atoms with Crippen LogP contribution in [0.4, 0.5) is 0 Å². The molecule has 0 radical (unpaired) electrons. The topological polar surface area (TPSA) is 55.1 Å². The van der Waals surface area contributed by atoms with E-state index in [1.165, 1.54) is 5.56 Å². The van der Waals surface area contributed by atoms with Crippen LogP contribution in [0, 0.1) is 0 Å². The minimum Gasteiger partial charge on any atom is -0.481 e. The lowest BCUT2D eigenvalue weighted by molar-refractivity contribution is -0.137. The molecular weight excluding hydrogens is 320 g/mol. The van der Waals surface area contributed by atoms with E-state index in [0.717, 1.165) is 28.1 Å². The van der Waals surface area contributed by atoms with Gasteiger partial charge in [-0.1, -0.05) is 31.2 Å². The quantitative estimate of drug-likeness (QED) is 0.909. The van der Waals surface area contributed by atoms with Crippen molar-refractivity contribution >= 4 is 21.9 Å². The Hall–Kier alpha value is -1.62. The minimum atomic E-state index is -0.807. The predicted molar refractivity (Wildman–Crippen MR) is 81.7 cm³/mol. The van der Waals surface area contributed by atoms with Crippen LogP contribution in [0.2, 0.25) is 0 Å². The van der Waals surface area contributed by atoms with Crippen LogP contribution in [0.5, 0.6) is 0 Å². The number of imidazole rings is 1. The molecule has 106 valence electrons. The lowest BCUT2D eigenvalue weighted by atomic mass is 10.1. The van der Waals surface area contributed by atoms with Gasteiger partial charge in [-0.2, -0.15) is 0 Å². The number of carboxylic acid groups (broad SMARTS) is 1. The van der Waals surface area contributed by atoms with Crippen LogP contribution < -0.4 is 0 Å². The van der Waals surface area contributed by atoms with Crippen molar-refractivity contribution in [2.24, 2.45) is 7.05 Å². The Bertz CT molecular complexity index is 618. The molecule has 0 aliphatic rings. The average molecular weight is 337 g/mol. The van der Waals surface area contributed by atoms with Gasteiger partial charge >= 0.3 is 5.97 Å². The Morgan fingerprint density at radius 2 is 2.00 bits per heavy atom. The number of carboxylic acids is 1. The number of rotatable bonds is 5. The molecule has 0 amide bonds. The Morgan fingerprint density at radius 1 is 1.35 bits per heavy atom. The molecule has 0 saturated carbocycles. The van der Waals surface area contributed by atoms with Crippen LogP contribution >= 0.6 is 15.9 Å². The fourth-order valence-electron chi connectivity index (χ4n) is 2.05. The largest absolute Gasteiger partial charge is 0.481 e. The highest BCUT2D eigenvalue weighted by molar-refractivity contribution is 9.10. The van der Waals surface area contributed by atoms with Crippen LogP contribution in [0.3, 0.4) is 0 Å². The predicted octanol–water partition coefficient (Wildman–Crippen LogP) is 3.43. The third-order valence-electron chi connectivity index (χ3n) is 3.32. The molecule has 0 saturated heterocycles. The van der Waals surface area contributed by atoms with Gasteiger partial charge in [-0.3, -0.25) is 4.79 Å². The van der Waals surface area contributed by atoms with Crippen molar-refractivity contribution in [1.82, 2.24) is 9.55 Å². The van der Waals surface area contributed by atoms with Gasteiger partial charge in [0.1, 0.15) is 16.1 Å². The first-order chi connectivity index (χ1) is 9.52. The fraction of sp³-hybridized carbons (Fsp3) is 0.333. The Labute approximate surface area is 126 Å². The van der Waals surface area contributed by atoms with E-state index >= 15 is 0 Å². The van der Waals surface area contributed by atoms with Crippen molar-refractivity contribution in [2.75, 3.05) is 0 Å². The van der Waals surface area contributed by atoms with Gasteiger partial charge in [-0.15, -0.1) is 0 Å². The molecule has 0 unspecified atom stereocenters. The molecule has 2 aromatic rings. The van der Waals surface area contributed by atoms with Crippen molar-refractivity contribution in [3.63, 3.8) is 0 Å². The van der Waals surface area contributed by atoms with Gasteiger partial charge in [0.15, 0.2) is 0 Å². The number of aryl methyl sites for hydroxylation is 2. The number of aromatic nitrogens is 2. The van der Waals surface area contributed by atoms with E-state index in [9.17, 15) is 4.79 Å². The highest BCUT2D eigenvalue weighted by Crippen LogP contribution is 2.28. The molecule has 0 aliphatic carbocycles. The molecule has 5 heteroatoms. The first kappa shape index (κ1) is 14.8. The zero-order valence-corrected chi connectivity index (χ0v) is 13.1. The molecule has 2 rings (SSSR count). The molecule has 0 spiro atoms. The number of benzene rings is 1. The summed E-state index contributed by atoms with van der Waals surface area (Å²) in [7, 11) is 1.89. The highest BCUT2D eigenvalue weighted by atomic mass is 79.9. The maximum Gasteiger partial charge on any atom is 0.303 e. The first-order valence-corrected chi connectivity index (χ1v) is 7.34. The zero-order valence-electron chi connectivity index (χ0n) is 11.6. The van der Waals surface area contributed by atoms with Gasteiger partial charge in [-0.05, 0) is 27.9 Å². The van der Waals surface area contributed by atoms with Crippen LogP contribution in [-0.2, 0) is 24.7 Å². The summed E-state index contributed by atoms with van der Waals surface area (Å²) in [6, 6.07) is 8.28. The Morgan fingerprint density at radius 3 is 2.55 bits per heavy atom. The zero-order chi connectivity index (χ0) is 14.7. The molecule has 0 bridgehead atoms. The standard InChI is InChI=1S/C15H17BrN2O2/c1-3-10-4-6-11(7-5-10)14-15(16)18(2)12(17-14)8-9-13(19)20/h4-7H,3,8-9H2,1-2H3,(H,19,20). The summed E-state index contributed by atoms with van der Waals surface area (Å²) in [5.41, 5.74) is 3.17.